The Bertz CT molecular complexity index is 1110. The largest absolute Gasteiger partial charge is 0.756 e. The van der Waals surface area contributed by atoms with E-state index in [1.54, 1.807) is 0 Å². The average molecular weight is 780 g/mol. The van der Waals surface area contributed by atoms with Crippen molar-refractivity contribution in [3.05, 3.63) is 60.8 Å². The van der Waals surface area contributed by atoms with Crippen LogP contribution in [0, 0.1) is 0 Å². The van der Waals surface area contributed by atoms with Crippen molar-refractivity contribution in [1.29, 1.82) is 0 Å². The first-order valence-electron chi connectivity index (χ1n) is 21.0. The Morgan fingerprint density at radius 3 is 1.63 bits per heavy atom. The fourth-order valence-corrected chi connectivity index (χ4v) is 5.94. The molecule has 10 heteroatoms. The van der Waals surface area contributed by atoms with Gasteiger partial charge in [-0.15, -0.1) is 0 Å². The lowest BCUT2D eigenvalue weighted by molar-refractivity contribution is -0.870. The Kier molecular flexibility index (Phi) is 34.8. The lowest BCUT2D eigenvalue weighted by Gasteiger charge is -2.28. The smallest absolute Gasteiger partial charge is 0.306 e. The molecular weight excluding hydrogens is 701 g/mol. The lowest BCUT2D eigenvalue weighted by atomic mass is 10.1. The van der Waals surface area contributed by atoms with Crippen LogP contribution >= 0.6 is 7.82 Å². The van der Waals surface area contributed by atoms with Crippen molar-refractivity contribution in [2.24, 2.45) is 0 Å². The fraction of sp³-hybridized carbons (Fsp3) is 0.727. The van der Waals surface area contributed by atoms with E-state index >= 15 is 0 Å². The van der Waals surface area contributed by atoms with Crippen molar-refractivity contribution >= 4 is 19.8 Å². The second kappa shape index (κ2) is 36.4. The summed E-state index contributed by atoms with van der Waals surface area (Å²) in [7, 11) is 1.13. The highest BCUT2D eigenvalue weighted by Crippen LogP contribution is 2.38. The van der Waals surface area contributed by atoms with E-state index in [0.29, 0.717) is 17.4 Å². The molecule has 0 saturated carbocycles. The number of esters is 2. The summed E-state index contributed by atoms with van der Waals surface area (Å²) in [5.41, 5.74) is 0. The highest BCUT2D eigenvalue weighted by Gasteiger charge is 2.21. The van der Waals surface area contributed by atoms with Crippen LogP contribution in [0.1, 0.15) is 155 Å². The van der Waals surface area contributed by atoms with E-state index in [4.69, 9.17) is 18.5 Å². The molecule has 0 aromatic heterocycles. The van der Waals surface area contributed by atoms with Crippen LogP contribution in [0.4, 0.5) is 0 Å². The summed E-state index contributed by atoms with van der Waals surface area (Å²) >= 11 is 0. The number of carbonyl (C=O) groups is 2. The predicted molar refractivity (Wildman–Crippen MR) is 222 cm³/mol. The summed E-state index contributed by atoms with van der Waals surface area (Å²) in [4.78, 5) is 37.4. The number of quaternary nitrogens is 1. The number of hydrogen-bond acceptors (Lipinski definition) is 8. The Hall–Kier alpha value is -2.29. The van der Waals surface area contributed by atoms with Gasteiger partial charge in [0.05, 0.1) is 27.7 Å². The van der Waals surface area contributed by atoms with E-state index in [9.17, 15) is 19.0 Å². The molecule has 0 aliphatic rings. The van der Waals surface area contributed by atoms with Crippen LogP contribution in [-0.4, -0.2) is 70.0 Å². The molecule has 0 fully saturated rings. The van der Waals surface area contributed by atoms with Crippen molar-refractivity contribution in [3.8, 4) is 0 Å². The Morgan fingerprint density at radius 2 is 1.06 bits per heavy atom. The molecule has 0 aromatic carbocycles. The number of unbranched alkanes of at least 4 members (excludes halogenated alkanes) is 13. The van der Waals surface area contributed by atoms with Crippen LogP contribution in [0.2, 0.25) is 0 Å². The maximum absolute atomic E-state index is 12.6. The van der Waals surface area contributed by atoms with Gasteiger partial charge in [0.1, 0.15) is 19.8 Å². The average Bonchev–Trinajstić information content (AvgIpc) is 3.12. The number of allylic oxidation sites excluding steroid dienone is 10. The zero-order chi connectivity index (χ0) is 40.0. The van der Waals surface area contributed by atoms with Crippen molar-refractivity contribution in [1.82, 2.24) is 0 Å². The van der Waals surface area contributed by atoms with E-state index in [1.807, 2.05) is 21.1 Å². The minimum absolute atomic E-state index is 0.0416. The normalized spacial score (nSPS) is 14.3. The molecule has 0 bridgehead atoms. The molecule has 0 radical (unpaired) electrons. The molecule has 9 nitrogen and oxygen atoms in total. The number of phosphoric acid groups is 1. The summed E-state index contributed by atoms with van der Waals surface area (Å²) < 4.78 is 33.8. The van der Waals surface area contributed by atoms with E-state index < -0.39 is 32.5 Å². The van der Waals surface area contributed by atoms with Crippen molar-refractivity contribution < 1.29 is 42.1 Å². The number of carbonyl (C=O) groups excluding carboxylic acids is 2. The van der Waals surface area contributed by atoms with Gasteiger partial charge in [-0.3, -0.25) is 14.2 Å². The maximum Gasteiger partial charge on any atom is 0.306 e. The van der Waals surface area contributed by atoms with Gasteiger partial charge in [-0.05, 0) is 70.6 Å². The molecule has 0 amide bonds. The number of hydrogen-bond donors (Lipinski definition) is 0. The molecule has 0 spiro atoms. The summed E-state index contributed by atoms with van der Waals surface area (Å²) in [6, 6.07) is 0. The minimum Gasteiger partial charge on any atom is -0.756 e. The third kappa shape index (κ3) is 39.4. The molecule has 1 unspecified atom stereocenters. The second-order valence-corrected chi connectivity index (χ2v) is 16.4. The number of ether oxygens (including phenoxy) is 2. The number of nitrogens with zero attached hydrogens (tertiary/aromatic N) is 1. The second-order valence-electron chi connectivity index (χ2n) is 15.0. The summed E-state index contributed by atoms with van der Waals surface area (Å²) in [6.07, 6.45) is 42.5. The summed E-state index contributed by atoms with van der Waals surface area (Å²) in [6.45, 7) is 4.01. The van der Waals surface area contributed by atoms with Crippen LogP contribution in [0.3, 0.4) is 0 Å². The molecule has 0 saturated heterocycles. The van der Waals surface area contributed by atoms with Crippen molar-refractivity contribution in [2.45, 2.75) is 161 Å². The van der Waals surface area contributed by atoms with Crippen LogP contribution in [0.25, 0.3) is 0 Å². The molecular formula is C44H78NO8P. The van der Waals surface area contributed by atoms with Gasteiger partial charge < -0.3 is 27.9 Å². The van der Waals surface area contributed by atoms with Gasteiger partial charge in [0.25, 0.3) is 7.82 Å². The third-order valence-electron chi connectivity index (χ3n) is 8.52. The summed E-state index contributed by atoms with van der Waals surface area (Å²) in [5, 5.41) is 0. The van der Waals surface area contributed by atoms with Crippen LogP contribution < -0.4 is 4.89 Å². The van der Waals surface area contributed by atoms with Gasteiger partial charge in [0.2, 0.25) is 0 Å². The quantitative estimate of drug-likeness (QED) is 0.0201. The third-order valence-corrected chi connectivity index (χ3v) is 9.49. The van der Waals surface area contributed by atoms with Gasteiger partial charge in [-0.25, -0.2) is 0 Å². The molecule has 0 aromatic rings. The van der Waals surface area contributed by atoms with Crippen LogP contribution in [0.15, 0.2) is 60.8 Å². The zero-order valence-corrected chi connectivity index (χ0v) is 35.8. The molecule has 0 heterocycles. The van der Waals surface area contributed by atoms with E-state index in [-0.39, 0.29) is 26.1 Å². The van der Waals surface area contributed by atoms with E-state index in [0.717, 1.165) is 64.2 Å². The van der Waals surface area contributed by atoms with Gasteiger partial charge in [-0.1, -0.05) is 132 Å². The van der Waals surface area contributed by atoms with Gasteiger partial charge in [0.15, 0.2) is 6.10 Å². The van der Waals surface area contributed by atoms with Gasteiger partial charge in [0, 0.05) is 12.8 Å². The molecule has 0 aliphatic carbocycles. The Balaban J connectivity index is 4.46. The first-order chi connectivity index (χ1) is 26.0. The van der Waals surface area contributed by atoms with E-state index in [2.05, 4.69) is 74.6 Å². The maximum atomic E-state index is 12.6. The Labute approximate surface area is 330 Å². The molecule has 2 atom stereocenters. The molecule has 312 valence electrons. The number of phosphoric ester groups is 1. The standard InChI is InChI=1S/C44H78NO8P/c1-6-8-10-12-14-16-18-20-22-24-26-28-30-32-34-36-43(46)50-40-42(41-52-54(48,49)51-39-38-45(3,4)5)53-44(47)37-35-33-31-29-27-25-23-21-19-17-15-13-11-9-7-2/h9,11-12,14-15,17,21,23,27,29,42H,6-8,10,13,16,18-20,22,24-26,28,30-41H2,1-5H3/b11-9+,14-12+,17-15+,23-21+,29-27+/t42-/m1/s1. The SMILES string of the molecule is CC/C=C/C/C=C/C/C=C/C/C=C/CCCCC(=O)O[C@H](COC(=O)CCCCCCCCCCC/C=C/CCCC)COP(=O)([O-])OCC[N+](C)(C)C. The zero-order valence-electron chi connectivity index (χ0n) is 34.9. The first kappa shape index (κ1) is 51.7. The monoisotopic (exact) mass is 780 g/mol. The van der Waals surface area contributed by atoms with Crippen molar-refractivity contribution in [3.63, 3.8) is 0 Å². The molecule has 54 heavy (non-hydrogen) atoms. The minimum atomic E-state index is -4.64. The fourth-order valence-electron chi connectivity index (χ4n) is 5.21. The molecule has 0 rings (SSSR count). The van der Waals surface area contributed by atoms with Gasteiger partial charge >= 0.3 is 11.9 Å². The highest BCUT2D eigenvalue weighted by atomic mass is 31.2. The van der Waals surface area contributed by atoms with Crippen molar-refractivity contribution in [2.75, 3.05) is 47.5 Å². The predicted octanol–water partition coefficient (Wildman–Crippen LogP) is 11.1. The van der Waals surface area contributed by atoms with E-state index in [1.165, 1.54) is 57.8 Å². The number of likely N-dealkylation sites (N-methyl/N-ethyl adjacent to an activating group) is 1. The Morgan fingerprint density at radius 1 is 0.593 bits per heavy atom. The van der Waals surface area contributed by atoms with Crippen LogP contribution in [0.5, 0.6) is 0 Å². The highest BCUT2D eigenvalue weighted by molar-refractivity contribution is 7.45. The molecule has 0 aliphatic heterocycles. The molecule has 0 N–H and O–H groups in total. The first-order valence-corrected chi connectivity index (χ1v) is 22.5. The van der Waals surface area contributed by atoms with Crippen LogP contribution in [-0.2, 0) is 32.7 Å². The lowest BCUT2D eigenvalue weighted by Crippen LogP contribution is -2.37. The topological polar surface area (TPSA) is 111 Å². The summed E-state index contributed by atoms with van der Waals surface area (Å²) in [5.74, 6) is -0.891. The number of rotatable bonds is 37. The van der Waals surface area contributed by atoms with Gasteiger partial charge in [-0.2, -0.15) is 0 Å².